The van der Waals surface area contributed by atoms with Crippen LogP contribution in [-0.4, -0.2) is 0 Å². The fourth-order valence-corrected chi connectivity index (χ4v) is 1.88. The molecule has 0 radical (unpaired) electrons. The van der Waals surface area contributed by atoms with E-state index in [4.69, 9.17) is 28.9 Å². The molecule has 7 heteroatoms. The molecule has 2 nitrogen and oxygen atoms in total. The van der Waals surface area contributed by atoms with Gasteiger partial charge in [-0.3, -0.25) is 0 Å². The number of nitrogen functional groups attached to an aromatic ring is 1. The van der Waals surface area contributed by atoms with Crippen molar-refractivity contribution in [3.05, 3.63) is 51.8 Å². The second kappa shape index (κ2) is 5.19. The number of nitrogens with two attached hydrogens (primary N) is 1. The number of anilines is 3. The molecule has 2 aromatic rings. The molecule has 0 heterocycles. The summed E-state index contributed by atoms with van der Waals surface area (Å²) < 4.78 is 39.8. The number of benzene rings is 2. The Kier molecular flexibility index (Phi) is 3.78. The van der Waals surface area contributed by atoms with Gasteiger partial charge in [0.25, 0.3) is 0 Å². The fraction of sp³-hybridized carbons (Fsp3) is 0. The van der Waals surface area contributed by atoms with Gasteiger partial charge in [-0.05, 0) is 12.1 Å². The van der Waals surface area contributed by atoms with Gasteiger partial charge in [0.2, 0.25) is 0 Å². The van der Waals surface area contributed by atoms with Gasteiger partial charge in [-0.15, -0.1) is 0 Å². The highest BCUT2D eigenvalue weighted by Gasteiger charge is 2.13. The molecule has 0 amide bonds. The Morgan fingerprint density at radius 2 is 1.58 bits per heavy atom. The maximum Gasteiger partial charge on any atom is 0.151 e. The molecule has 19 heavy (non-hydrogen) atoms. The molecule has 0 atom stereocenters. The third-order valence-corrected chi connectivity index (χ3v) is 2.95. The van der Waals surface area contributed by atoms with Crippen molar-refractivity contribution in [2.45, 2.75) is 0 Å². The Morgan fingerprint density at radius 1 is 0.895 bits per heavy atom. The van der Waals surface area contributed by atoms with Crippen LogP contribution in [0.2, 0.25) is 10.0 Å². The third-order valence-electron chi connectivity index (χ3n) is 2.36. The van der Waals surface area contributed by atoms with Crippen LogP contribution in [0, 0.1) is 17.5 Å². The van der Waals surface area contributed by atoms with Crippen molar-refractivity contribution < 1.29 is 13.2 Å². The van der Waals surface area contributed by atoms with Gasteiger partial charge < -0.3 is 11.1 Å². The van der Waals surface area contributed by atoms with Gasteiger partial charge >= 0.3 is 0 Å². The van der Waals surface area contributed by atoms with E-state index in [1.165, 1.54) is 6.07 Å². The van der Waals surface area contributed by atoms with Crippen molar-refractivity contribution in [2.75, 3.05) is 11.1 Å². The number of nitrogens with one attached hydrogen (secondary N) is 1. The largest absolute Gasteiger partial charge is 0.397 e. The Hall–Kier alpha value is -1.59. The van der Waals surface area contributed by atoms with E-state index in [0.717, 1.165) is 12.1 Å². The summed E-state index contributed by atoms with van der Waals surface area (Å²) in [7, 11) is 0. The summed E-state index contributed by atoms with van der Waals surface area (Å²) in [4.78, 5) is 0. The third kappa shape index (κ3) is 2.88. The number of hydrogen-bond donors (Lipinski definition) is 2. The molecule has 2 aromatic carbocycles. The van der Waals surface area contributed by atoms with E-state index in [9.17, 15) is 13.2 Å². The molecule has 0 fully saturated rings. The summed E-state index contributed by atoms with van der Waals surface area (Å²) >= 11 is 11.2. The summed E-state index contributed by atoms with van der Waals surface area (Å²) in [5.41, 5.74) is 5.60. The number of hydrogen-bond acceptors (Lipinski definition) is 2. The lowest BCUT2D eigenvalue weighted by atomic mass is 10.2. The Morgan fingerprint density at radius 3 is 2.21 bits per heavy atom. The molecule has 100 valence electrons. The highest BCUT2D eigenvalue weighted by atomic mass is 35.5. The van der Waals surface area contributed by atoms with Crippen LogP contribution in [0.1, 0.15) is 0 Å². The molecule has 0 aliphatic heterocycles. The molecule has 0 saturated heterocycles. The summed E-state index contributed by atoms with van der Waals surface area (Å²) in [5, 5.41) is 2.16. The molecule has 0 saturated carbocycles. The molecule has 0 spiro atoms. The first-order valence-electron chi connectivity index (χ1n) is 5.04. The fourth-order valence-electron chi connectivity index (χ4n) is 1.47. The number of halogens is 5. The van der Waals surface area contributed by atoms with Crippen LogP contribution in [0.25, 0.3) is 0 Å². The average molecular weight is 307 g/mol. The van der Waals surface area contributed by atoms with E-state index in [-0.39, 0.29) is 27.1 Å². The minimum atomic E-state index is -0.917. The van der Waals surface area contributed by atoms with Crippen molar-refractivity contribution in [2.24, 2.45) is 0 Å². The first-order valence-corrected chi connectivity index (χ1v) is 5.80. The van der Waals surface area contributed by atoms with Crippen molar-refractivity contribution in [3.8, 4) is 0 Å². The van der Waals surface area contributed by atoms with Gasteiger partial charge in [0.1, 0.15) is 11.6 Å². The predicted octanol–water partition coefficient (Wildman–Crippen LogP) is 4.74. The van der Waals surface area contributed by atoms with Gasteiger partial charge in [-0.1, -0.05) is 23.2 Å². The molecule has 0 bridgehead atoms. The standard InChI is InChI=1S/C12H7Cl2F3N2/c13-6-3-10(18)11(4-8(6)16)19-12-7(14)1-5(15)2-9(12)17/h1-4,19H,18H2. The first-order chi connectivity index (χ1) is 8.88. The highest BCUT2D eigenvalue weighted by molar-refractivity contribution is 6.33. The lowest BCUT2D eigenvalue weighted by molar-refractivity contribution is 0.586. The summed E-state index contributed by atoms with van der Waals surface area (Å²) in [6.45, 7) is 0. The summed E-state index contributed by atoms with van der Waals surface area (Å²) in [6, 6.07) is 3.75. The van der Waals surface area contributed by atoms with Crippen molar-refractivity contribution in [3.63, 3.8) is 0 Å². The predicted molar refractivity (Wildman–Crippen MR) is 70.5 cm³/mol. The van der Waals surface area contributed by atoms with Gasteiger partial charge in [0, 0.05) is 12.1 Å². The van der Waals surface area contributed by atoms with Crippen LogP contribution in [0.15, 0.2) is 24.3 Å². The van der Waals surface area contributed by atoms with E-state index in [0.29, 0.717) is 6.07 Å². The quantitative estimate of drug-likeness (QED) is 0.787. The van der Waals surface area contributed by atoms with Crippen LogP contribution in [0.5, 0.6) is 0 Å². The van der Waals surface area contributed by atoms with Crippen molar-refractivity contribution >= 4 is 40.3 Å². The van der Waals surface area contributed by atoms with E-state index >= 15 is 0 Å². The smallest absolute Gasteiger partial charge is 0.151 e. The van der Waals surface area contributed by atoms with Gasteiger partial charge in [-0.25, -0.2) is 13.2 Å². The van der Waals surface area contributed by atoms with Crippen LogP contribution in [0.4, 0.5) is 30.2 Å². The van der Waals surface area contributed by atoms with Crippen LogP contribution in [-0.2, 0) is 0 Å². The summed E-state index contributed by atoms with van der Waals surface area (Å²) in [5.74, 6) is -2.46. The number of rotatable bonds is 2. The van der Waals surface area contributed by atoms with E-state index in [2.05, 4.69) is 5.32 Å². The van der Waals surface area contributed by atoms with Crippen LogP contribution < -0.4 is 11.1 Å². The highest BCUT2D eigenvalue weighted by Crippen LogP contribution is 2.33. The van der Waals surface area contributed by atoms with Crippen LogP contribution >= 0.6 is 23.2 Å². The zero-order valence-corrected chi connectivity index (χ0v) is 10.8. The first kappa shape index (κ1) is 13.8. The average Bonchev–Trinajstić information content (AvgIpc) is 2.29. The lowest BCUT2D eigenvalue weighted by Gasteiger charge is -2.12. The minimum Gasteiger partial charge on any atom is -0.397 e. The zero-order valence-electron chi connectivity index (χ0n) is 9.28. The molecule has 2 rings (SSSR count). The SMILES string of the molecule is Nc1cc(Cl)c(F)cc1Nc1c(F)cc(F)cc1Cl. The Bertz CT molecular complexity index is 624. The zero-order chi connectivity index (χ0) is 14.2. The van der Waals surface area contributed by atoms with Gasteiger partial charge in [0.05, 0.1) is 27.1 Å². The Balaban J connectivity index is 2.45. The molecule has 3 N–H and O–H groups in total. The molecule has 0 unspecified atom stereocenters. The molecule has 0 aliphatic rings. The maximum absolute atomic E-state index is 13.6. The monoisotopic (exact) mass is 306 g/mol. The molecule has 0 aliphatic carbocycles. The second-order valence-electron chi connectivity index (χ2n) is 3.72. The van der Waals surface area contributed by atoms with E-state index < -0.39 is 17.5 Å². The van der Waals surface area contributed by atoms with Crippen molar-refractivity contribution in [1.29, 1.82) is 0 Å². The van der Waals surface area contributed by atoms with Crippen LogP contribution in [0.3, 0.4) is 0 Å². The second-order valence-corrected chi connectivity index (χ2v) is 4.54. The van der Waals surface area contributed by atoms with Gasteiger partial charge in [-0.2, -0.15) is 0 Å². The lowest BCUT2D eigenvalue weighted by Crippen LogP contribution is -2.00. The molecule has 0 aromatic heterocycles. The summed E-state index contributed by atoms with van der Waals surface area (Å²) in [6.07, 6.45) is 0. The van der Waals surface area contributed by atoms with Crippen molar-refractivity contribution in [1.82, 2.24) is 0 Å². The maximum atomic E-state index is 13.6. The normalized spacial score (nSPS) is 10.6. The topological polar surface area (TPSA) is 38.0 Å². The van der Waals surface area contributed by atoms with Gasteiger partial charge in [0.15, 0.2) is 5.82 Å². The van der Waals surface area contributed by atoms with E-state index in [1.54, 1.807) is 0 Å². The minimum absolute atomic E-state index is 0.0781. The molecular formula is C12H7Cl2F3N2. The Labute approximate surface area is 116 Å². The van der Waals surface area contributed by atoms with E-state index in [1.807, 2.05) is 0 Å². The molecular weight excluding hydrogens is 300 g/mol.